The molecule has 21 heavy (non-hydrogen) atoms. The van der Waals surface area contributed by atoms with Gasteiger partial charge in [0, 0.05) is 29.5 Å². The summed E-state index contributed by atoms with van der Waals surface area (Å²) in [4.78, 5) is 2.37. The molecular weight excluding hydrogens is 288 g/mol. The zero-order chi connectivity index (χ0) is 16.3. The maximum atomic E-state index is 10.4. The van der Waals surface area contributed by atoms with Crippen molar-refractivity contribution >= 4 is 11.6 Å². The van der Waals surface area contributed by atoms with Crippen molar-refractivity contribution < 1.29 is 10.3 Å². The molecule has 1 rings (SSSR count). The molecule has 1 aliphatic rings. The standard InChI is InChI=1S/C16H33ClN2O2/c1-6-7-8-18(12-14(20)11-17)13-9-15(2,3)19(21)16(4,5)10-13/h13-14,20-21H,6-12H2,1-5H3. The minimum Gasteiger partial charge on any atom is -0.391 e. The molecule has 0 bridgehead atoms. The second-order valence-electron chi connectivity index (χ2n) is 7.66. The van der Waals surface area contributed by atoms with E-state index in [0.29, 0.717) is 12.6 Å². The van der Waals surface area contributed by atoms with Crippen LogP contribution < -0.4 is 0 Å². The Kier molecular flexibility index (Phi) is 6.94. The second-order valence-corrected chi connectivity index (χ2v) is 7.96. The number of hydroxylamine groups is 2. The van der Waals surface area contributed by atoms with Crippen LogP contribution in [0.2, 0.25) is 0 Å². The van der Waals surface area contributed by atoms with Crippen LogP contribution in [-0.4, -0.2) is 62.5 Å². The third-order valence-corrected chi connectivity index (χ3v) is 4.91. The summed E-state index contributed by atoms with van der Waals surface area (Å²) in [5.74, 6) is 0.272. The molecule has 1 unspecified atom stereocenters. The minimum atomic E-state index is -0.484. The third-order valence-electron chi connectivity index (χ3n) is 4.56. The lowest BCUT2D eigenvalue weighted by Gasteiger charge is -2.54. The normalized spacial score (nSPS) is 24.4. The van der Waals surface area contributed by atoms with Crippen LogP contribution in [0.3, 0.4) is 0 Å². The van der Waals surface area contributed by atoms with Gasteiger partial charge >= 0.3 is 0 Å². The lowest BCUT2D eigenvalue weighted by molar-refractivity contribution is -0.252. The van der Waals surface area contributed by atoms with Crippen LogP contribution >= 0.6 is 11.6 Å². The second kappa shape index (κ2) is 7.60. The topological polar surface area (TPSA) is 46.9 Å². The highest BCUT2D eigenvalue weighted by Gasteiger charge is 2.46. The van der Waals surface area contributed by atoms with E-state index in [0.717, 1.165) is 32.2 Å². The smallest absolute Gasteiger partial charge is 0.0802 e. The quantitative estimate of drug-likeness (QED) is 0.708. The molecule has 0 spiro atoms. The molecule has 0 aliphatic carbocycles. The molecule has 1 saturated heterocycles. The van der Waals surface area contributed by atoms with Gasteiger partial charge in [0.25, 0.3) is 0 Å². The molecule has 1 aliphatic heterocycles. The number of aliphatic hydroxyl groups is 1. The van der Waals surface area contributed by atoms with Crippen molar-refractivity contribution in [2.24, 2.45) is 0 Å². The van der Waals surface area contributed by atoms with Crippen LogP contribution in [0.5, 0.6) is 0 Å². The molecular formula is C16H33ClN2O2. The van der Waals surface area contributed by atoms with E-state index in [4.69, 9.17) is 11.6 Å². The van der Waals surface area contributed by atoms with Crippen LogP contribution in [-0.2, 0) is 0 Å². The first-order chi connectivity index (χ1) is 9.64. The Hall–Kier alpha value is 0.130. The number of nitrogens with zero attached hydrogens (tertiary/aromatic N) is 2. The number of alkyl halides is 1. The van der Waals surface area contributed by atoms with E-state index in [1.807, 2.05) is 0 Å². The Bertz CT molecular complexity index is 305. The number of aliphatic hydroxyl groups excluding tert-OH is 1. The molecule has 0 aromatic heterocycles. The number of unbranched alkanes of at least 4 members (excludes halogenated alkanes) is 1. The average molecular weight is 321 g/mol. The summed E-state index contributed by atoms with van der Waals surface area (Å²) < 4.78 is 0. The average Bonchev–Trinajstić information content (AvgIpc) is 2.39. The summed E-state index contributed by atoms with van der Waals surface area (Å²) in [6.07, 6.45) is 3.56. The van der Waals surface area contributed by atoms with E-state index >= 15 is 0 Å². The zero-order valence-corrected chi connectivity index (χ0v) is 15.0. The highest BCUT2D eigenvalue weighted by Crippen LogP contribution is 2.38. The lowest BCUT2D eigenvalue weighted by atomic mass is 9.78. The number of rotatable bonds is 7. The van der Waals surface area contributed by atoms with Crippen molar-refractivity contribution in [3.05, 3.63) is 0 Å². The van der Waals surface area contributed by atoms with Crippen LogP contribution in [0.25, 0.3) is 0 Å². The minimum absolute atomic E-state index is 0.261. The molecule has 126 valence electrons. The first-order valence-electron chi connectivity index (χ1n) is 8.11. The number of hydrogen-bond acceptors (Lipinski definition) is 4. The van der Waals surface area contributed by atoms with Gasteiger partial charge in [-0.05, 0) is 53.5 Å². The van der Waals surface area contributed by atoms with Crippen LogP contribution in [0.15, 0.2) is 0 Å². The fourth-order valence-corrected chi connectivity index (χ4v) is 3.68. The Morgan fingerprint density at radius 3 is 2.19 bits per heavy atom. The van der Waals surface area contributed by atoms with Gasteiger partial charge in [0.2, 0.25) is 0 Å². The Labute approximate surface area is 135 Å². The third kappa shape index (κ3) is 5.07. The van der Waals surface area contributed by atoms with Crippen molar-refractivity contribution in [3.8, 4) is 0 Å². The van der Waals surface area contributed by atoms with Gasteiger partial charge in [-0.3, -0.25) is 4.90 Å². The predicted molar refractivity (Wildman–Crippen MR) is 88.0 cm³/mol. The fraction of sp³-hybridized carbons (Fsp3) is 1.00. The van der Waals surface area contributed by atoms with Gasteiger partial charge in [-0.25, -0.2) is 0 Å². The van der Waals surface area contributed by atoms with E-state index < -0.39 is 6.10 Å². The summed E-state index contributed by atoms with van der Waals surface area (Å²) >= 11 is 5.78. The van der Waals surface area contributed by atoms with E-state index in [1.165, 1.54) is 5.06 Å². The van der Waals surface area contributed by atoms with Crippen LogP contribution in [0.4, 0.5) is 0 Å². The molecule has 2 N–H and O–H groups in total. The van der Waals surface area contributed by atoms with Crippen molar-refractivity contribution in [1.29, 1.82) is 0 Å². The summed E-state index contributed by atoms with van der Waals surface area (Å²) in [6.45, 7) is 12.1. The molecule has 1 heterocycles. The van der Waals surface area contributed by atoms with Crippen molar-refractivity contribution in [3.63, 3.8) is 0 Å². The number of piperidine rings is 1. The fourth-order valence-electron chi connectivity index (χ4n) is 3.58. The molecule has 1 fully saturated rings. The first-order valence-corrected chi connectivity index (χ1v) is 8.65. The molecule has 0 amide bonds. The van der Waals surface area contributed by atoms with E-state index in [2.05, 4.69) is 39.5 Å². The van der Waals surface area contributed by atoms with Crippen LogP contribution in [0.1, 0.15) is 60.3 Å². The lowest BCUT2D eigenvalue weighted by Crippen LogP contribution is -2.63. The number of halogens is 1. The monoisotopic (exact) mass is 320 g/mol. The van der Waals surface area contributed by atoms with Gasteiger partial charge in [0.05, 0.1) is 6.10 Å². The van der Waals surface area contributed by atoms with Gasteiger partial charge < -0.3 is 10.3 Å². The Morgan fingerprint density at radius 1 is 1.24 bits per heavy atom. The number of hydrogen-bond donors (Lipinski definition) is 2. The van der Waals surface area contributed by atoms with Gasteiger partial charge in [0.1, 0.15) is 0 Å². The predicted octanol–water partition coefficient (Wildman–Crippen LogP) is 3.10. The molecule has 0 aromatic rings. The van der Waals surface area contributed by atoms with Gasteiger partial charge in [0.15, 0.2) is 0 Å². The molecule has 0 radical (unpaired) electrons. The Balaban J connectivity index is 2.85. The molecule has 0 aromatic carbocycles. The highest BCUT2D eigenvalue weighted by atomic mass is 35.5. The SMILES string of the molecule is CCCCN(CC(O)CCl)C1CC(C)(C)N(O)C(C)(C)C1. The van der Waals surface area contributed by atoms with Gasteiger partial charge in [-0.2, -0.15) is 5.06 Å². The van der Waals surface area contributed by atoms with E-state index in [-0.39, 0.29) is 17.0 Å². The first kappa shape index (κ1) is 19.2. The summed E-state index contributed by atoms with van der Waals surface area (Å²) in [6, 6.07) is 0.364. The summed E-state index contributed by atoms with van der Waals surface area (Å²) in [5, 5.41) is 21.9. The van der Waals surface area contributed by atoms with Crippen molar-refractivity contribution in [2.75, 3.05) is 19.0 Å². The summed E-state index contributed by atoms with van der Waals surface area (Å²) in [7, 11) is 0. The van der Waals surface area contributed by atoms with Gasteiger partial charge in [-0.1, -0.05) is 13.3 Å². The maximum absolute atomic E-state index is 10.4. The maximum Gasteiger partial charge on any atom is 0.0802 e. The Morgan fingerprint density at radius 2 is 1.76 bits per heavy atom. The van der Waals surface area contributed by atoms with Crippen molar-refractivity contribution in [1.82, 2.24) is 9.96 Å². The molecule has 5 heteroatoms. The molecule has 1 atom stereocenters. The van der Waals surface area contributed by atoms with Crippen molar-refractivity contribution in [2.45, 2.75) is 83.5 Å². The summed E-state index contributed by atoms with van der Waals surface area (Å²) in [5.41, 5.74) is -0.522. The van der Waals surface area contributed by atoms with E-state index in [9.17, 15) is 10.3 Å². The largest absolute Gasteiger partial charge is 0.391 e. The van der Waals surface area contributed by atoms with E-state index in [1.54, 1.807) is 0 Å². The molecule has 0 saturated carbocycles. The zero-order valence-electron chi connectivity index (χ0n) is 14.3. The molecule has 4 nitrogen and oxygen atoms in total. The van der Waals surface area contributed by atoms with Crippen LogP contribution in [0, 0.1) is 0 Å². The highest BCUT2D eigenvalue weighted by molar-refractivity contribution is 6.18. The van der Waals surface area contributed by atoms with Gasteiger partial charge in [-0.15, -0.1) is 11.6 Å².